The van der Waals surface area contributed by atoms with Crippen molar-refractivity contribution in [2.45, 2.75) is 0 Å². The summed E-state index contributed by atoms with van der Waals surface area (Å²) in [5.74, 6) is -1.96. The van der Waals surface area contributed by atoms with Crippen molar-refractivity contribution in [1.29, 1.82) is 0 Å². The summed E-state index contributed by atoms with van der Waals surface area (Å²) < 4.78 is 19.4. The van der Waals surface area contributed by atoms with Crippen LogP contribution in [0.1, 0.15) is 20.9 Å². The van der Waals surface area contributed by atoms with E-state index < -0.39 is 22.6 Å². The normalized spacial score (nSPS) is 10.4. The van der Waals surface area contributed by atoms with E-state index in [1.54, 1.807) is 12.1 Å². The average Bonchev–Trinajstić information content (AvgIpc) is 3.10. The number of hydrogen-bond donors (Lipinski definition) is 2. The minimum absolute atomic E-state index is 0.0698. The first-order valence-electron chi connectivity index (χ1n) is 7.75. The number of nitrogens with one attached hydrogen (secondary N) is 2. The van der Waals surface area contributed by atoms with Crippen molar-refractivity contribution in [3.05, 3.63) is 86.5 Å². The molecule has 2 N–H and O–H groups in total. The molecule has 3 aromatic rings. The van der Waals surface area contributed by atoms with Crippen LogP contribution in [0.15, 0.2) is 63.7 Å². The highest BCUT2D eigenvalue weighted by molar-refractivity contribution is 9.10. The highest BCUT2D eigenvalue weighted by Crippen LogP contribution is 2.22. The number of nitro groups is 1. The van der Waals surface area contributed by atoms with Gasteiger partial charge in [-0.05, 0) is 52.3 Å². The predicted octanol–water partition coefficient (Wildman–Crippen LogP) is 4.59. The molecule has 0 fully saturated rings. The Labute approximate surface area is 165 Å². The minimum atomic E-state index is -0.813. The third-order valence-electron chi connectivity index (χ3n) is 3.59. The summed E-state index contributed by atoms with van der Waals surface area (Å²) in [7, 11) is 0. The van der Waals surface area contributed by atoms with Crippen LogP contribution in [-0.4, -0.2) is 16.7 Å². The summed E-state index contributed by atoms with van der Waals surface area (Å²) in [5, 5.41) is 15.7. The second-order valence-corrected chi connectivity index (χ2v) is 6.30. The molecule has 0 saturated carbocycles. The molecule has 0 atom stereocenters. The molecule has 142 valence electrons. The molecule has 0 aliphatic rings. The van der Waals surface area contributed by atoms with Crippen LogP contribution in [-0.2, 0) is 0 Å². The summed E-state index contributed by atoms with van der Waals surface area (Å²) in [4.78, 5) is 34.6. The van der Waals surface area contributed by atoms with Crippen LogP contribution in [0.25, 0.3) is 0 Å². The lowest BCUT2D eigenvalue weighted by Gasteiger charge is -2.08. The predicted molar refractivity (Wildman–Crippen MR) is 102 cm³/mol. The monoisotopic (exact) mass is 447 g/mol. The average molecular weight is 448 g/mol. The third kappa shape index (κ3) is 4.41. The molecule has 8 nitrogen and oxygen atoms in total. The highest BCUT2D eigenvalue weighted by atomic mass is 79.9. The van der Waals surface area contributed by atoms with Gasteiger partial charge < -0.3 is 15.1 Å². The number of nitrogens with zero attached hydrogens (tertiary/aromatic N) is 1. The van der Waals surface area contributed by atoms with E-state index in [0.717, 1.165) is 18.2 Å². The third-order valence-corrected chi connectivity index (χ3v) is 4.01. The standard InChI is InChI=1S/C18H11BrFN3O5/c19-16-7-6-15(28-16)18(25)21-11-3-1-2-10(8-11)17(24)22-14-9-12(23(26)27)4-5-13(14)20/h1-9H,(H,21,25)(H,22,24). The number of benzene rings is 2. The lowest BCUT2D eigenvalue weighted by atomic mass is 10.1. The molecule has 1 aromatic heterocycles. The Bertz CT molecular complexity index is 1080. The summed E-state index contributed by atoms with van der Waals surface area (Å²) in [6.45, 7) is 0. The first-order chi connectivity index (χ1) is 13.3. The molecule has 0 aliphatic carbocycles. The minimum Gasteiger partial charge on any atom is -0.444 e. The second-order valence-electron chi connectivity index (χ2n) is 5.51. The quantitative estimate of drug-likeness (QED) is 0.438. The Morgan fingerprint density at radius 2 is 1.82 bits per heavy atom. The van der Waals surface area contributed by atoms with Gasteiger partial charge in [0.2, 0.25) is 0 Å². The number of nitro benzene ring substituents is 1. The fraction of sp³-hybridized carbons (Fsp3) is 0. The zero-order valence-electron chi connectivity index (χ0n) is 13.9. The van der Waals surface area contributed by atoms with E-state index >= 15 is 0 Å². The van der Waals surface area contributed by atoms with E-state index in [4.69, 9.17) is 4.42 Å². The maximum absolute atomic E-state index is 13.8. The summed E-state index contributed by atoms with van der Waals surface area (Å²) in [5.41, 5.74) is -0.259. The molecule has 2 amide bonds. The van der Waals surface area contributed by atoms with Crippen LogP contribution >= 0.6 is 15.9 Å². The topological polar surface area (TPSA) is 114 Å². The fourth-order valence-corrected chi connectivity index (χ4v) is 2.59. The van der Waals surface area contributed by atoms with Gasteiger partial charge in [-0.25, -0.2) is 4.39 Å². The number of halogens is 2. The molecule has 0 spiro atoms. The van der Waals surface area contributed by atoms with Gasteiger partial charge in [0.05, 0.1) is 10.6 Å². The van der Waals surface area contributed by atoms with Crippen molar-refractivity contribution >= 4 is 44.8 Å². The molecule has 10 heteroatoms. The molecule has 0 aliphatic heterocycles. The van der Waals surface area contributed by atoms with E-state index in [1.165, 1.54) is 24.3 Å². The van der Waals surface area contributed by atoms with Crippen molar-refractivity contribution in [2.75, 3.05) is 10.6 Å². The molecule has 28 heavy (non-hydrogen) atoms. The van der Waals surface area contributed by atoms with Crippen molar-refractivity contribution in [3.63, 3.8) is 0 Å². The van der Waals surface area contributed by atoms with Crippen molar-refractivity contribution in [2.24, 2.45) is 0 Å². The molecule has 3 rings (SSSR count). The van der Waals surface area contributed by atoms with Crippen LogP contribution in [0.4, 0.5) is 21.5 Å². The maximum Gasteiger partial charge on any atom is 0.291 e. The number of carbonyl (C=O) groups is 2. The number of rotatable bonds is 5. The zero-order valence-corrected chi connectivity index (χ0v) is 15.5. The fourth-order valence-electron chi connectivity index (χ4n) is 2.28. The smallest absolute Gasteiger partial charge is 0.291 e. The van der Waals surface area contributed by atoms with E-state index in [1.807, 2.05) is 0 Å². The van der Waals surface area contributed by atoms with Gasteiger partial charge in [-0.15, -0.1) is 0 Å². The van der Waals surface area contributed by atoms with Gasteiger partial charge in [0.1, 0.15) is 5.82 Å². The lowest BCUT2D eigenvalue weighted by molar-refractivity contribution is -0.384. The Morgan fingerprint density at radius 1 is 1.04 bits per heavy atom. The van der Waals surface area contributed by atoms with Crippen LogP contribution in [0.2, 0.25) is 0 Å². The van der Waals surface area contributed by atoms with E-state index in [-0.39, 0.29) is 22.7 Å². The van der Waals surface area contributed by atoms with E-state index in [2.05, 4.69) is 26.6 Å². The number of carbonyl (C=O) groups excluding carboxylic acids is 2. The Kier molecular flexibility index (Phi) is 5.50. The maximum atomic E-state index is 13.8. The summed E-state index contributed by atoms with van der Waals surface area (Å²) >= 11 is 3.10. The molecular formula is C18H11BrFN3O5. The molecule has 0 unspecified atom stereocenters. The Hall–Kier alpha value is -3.53. The first kappa shape index (κ1) is 19.2. The SMILES string of the molecule is O=C(Nc1cc([N+](=O)[O-])ccc1F)c1cccc(NC(=O)c2ccc(Br)o2)c1. The van der Waals surface area contributed by atoms with Crippen LogP contribution in [0.3, 0.4) is 0 Å². The van der Waals surface area contributed by atoms with E-state index in [9.17, 15) is 24.1 Å². The van der Waals surface area contributed by atoms with Crippen molar-refractivity contribution in [1.82, 2.24) is 0 Å². The van der Waals surface area contributed by atoms with E-state index in [0.29, 0.717) is 10.4 Å². The van der Waals surface area contributed by atoms with Gasteiger partial charge in [-0.2, -0.15) is 0 Å². The van der Waals surface area contributed by atoms with Gasteiger partial charge in [0.15, 0.2) is 10.4 Å². The number of non-ortho nitro benzene ring substituents is 1. The molecule has 0 bridgehead atoms. The van der Waals surface area contributed by atoms with Crippen molar-refractivity contribution in [3.8, 4) is 0 Å². The number of anilines is 2. The van der Waals surface area contributed by atoms with Crippen LogP contribution in [0.5, 0.6) is 0 Å². The molecule has 0 radical (unpaired) electrons. The summed E-state index contributed by atoms with van der Waals surface area (Å²) in [6.07, 6.45) is 0. The second kappa shape index (κ2) is 8.01. The lowest BCUT2D eigenvalue weighted by Crippen LogP contribution is -2.15. The van der Waals surface area contributed by atoms with Crippen molar-refractivity contribution < 1.29 is 23.3 Å². The number of hydrogen-bond acceptors (Lipinski definition) is 5. The Morgan fingerprint density at radius 3 is 2.50 bits per heavy atom. The highest BCUT2D eigenvalue weighted by Gasteiger charge is 2.15. The molecule has 0 saturated heterocycles. The van der Waals surface area contributed by atoms with Gasteiger partial charge in [0, 0.05) is 23.4 Å². The first-order valence-corrected chi connectivity index (χ1v) is 8.55. The van der Waals surface area contributed by atoms with Crippen LogP contribution in [0, 0.1) is 15.9 Å². The summed E-state index contributed by atoms with van der Waals surface area (Å²) in [6, 6.07) is 11.7. The number of amides is 2. The van der Waals surface area contributed by atoms with Gasteiger partial charge in [0.25, 0.3) is 17.5 Å². The largest absolute Gasteiger partial charge is 0.444 e. The molecule has 1 heterocycles. The van der Waals surface area contributed by atoms with Gasteiger partial charge >= 0.3 is 0 Å². The van der Waals surface area contributed by atoms with Crippen LogP contribution < -0.4 is 10.6 Å². The molecule has 2 aromatic carbocycles. The molecular weight excluding hydrogens is 437 g/mol. The van der Waals surface area contributed by atoms with Gasteiger partial charge in [-0.3, -0.25) is 19.7 Å². The zero-order chi connectivity index (χ0) is 20.3. The van der Waals surface area contributed by atoms with Gasteiger partial charge in [-0.1, -0.05) is 6.07 Å². The Balaban J connectivity index is 1.76. The number of furan rings is 1.